The first-order valence-electron chi connectivity index (χ1n) is 6.34. The molecular formula is C15H15Br2N3O. The molecule has 1 aromatic carbocycles. The standard InChI is InChI=1S/C15H15Br2N3O/c1-8-4-11(16)14(12(17)5-8)20-15(21)10-6-9(2)19-13(7-10)18-3/h4-7H,1-3H3,(H,18,19)(H,20,21). The number of amides is 1. The summed E-state index contributed by atoms with van der Waals surface area (Å²) in [4.78, 5) is 16.7. The molecular weight excluding hydrogens is 398 g/mol. The summed E-state index contributed by atoms with van der Waals surface area (Å²) in [5.74, 6) is 0.490. The largest absolute Gasteiger partial charge is 0.373 e. The van der Waals surface area contributed by atoms with Gasteiger partial charge in [-0.25, -0.2) is 4.98 Å². The number of aromatic nitrogens is 1. The Morgan fingerprint density at radius 3 is 2.29 bits per heavy atom. The van der Waals surface area contributed by atoms with Gasteiger partial charge < -0.3 is 10.6 Å². The van der Waals surface area contributed by atoms with E-state index in [0.29, 0.717) is 17.1 Å². The minimum atomic E-state index is -0.178. The second-order valence-electron chi connectivity index (χ2n) is 4.69. The lowest BCUT2D eigenvalue weighted by molar-refractivity contribution is 0.102. The van der Waals surface area contributed by atoms with Crippen LogP contribution in [0.4, 0.5) is 11.5 Å². The summed E-state index contributed by atoms with van der Waals surface area (Å²) in [6.07, 6.45) is 0. The Labute approximate surface area is 140 Å². The lowest BCUT2D eigenvalue weighted by Gasteiger charge is -2.12. The number of anilines is 2. The minimum Gasteiger partial charge on any atom is -0.373 e. The zero-order valence-corrected chi connectivity index (χ0v) is 15.1. The van der Waals surface area contributed by atoms with Gasteiger partial charge >= 0.3 is 0 Å². The number of carbonyl (C=O) groups is 1. The van der Waals surface area contributed by atoms with E-state index in [-0.39, 0.29) is 5.91 Å². The van der Waals surface area contributed by atoms with Gasteiger partial charge in [0.15, 0.2) is 0 Å². The van der Waals surface area contributed by atoms with Crippen LogP contribution in [0.25, 0.3) is 0 Å². The smallest absolute Gasteiger partial charge is 0.255 e. The van der Waals surface area contributed by atoms with Gasteiger partial charge in [-0.15, -0.1) is 0 Å². The van der Waals surface area contributed by atoms with Crippen molar-refractivity contribution < 1.29 is 4.79 Å². The van der Waals surface area contributed by atoms with Crippen LogP contribution in [0.15, 0.2) is 33.2 Å². The topological polar surface area (TPSA) is 54.0 Å². The van der Waals surface area contributed by atoms with E-state index in [4.69, 9.17) is 0 Å². The zero-order chi connectivity index (χ0) is 15.6. The highest BCUT2D eigenvalue weighted by molar-refractivity contribution is 9.11. The molecule has 2 rings (SSSR count). The van der Waals surface area contributed by atoms with Crippen molar-refractivity contribution in [1.82, 2.24) is 4.98 Å². The Morgan fingerprint density at radius 2 is 1.71 bits per heavy atom. The number of rotatable bonds is 3. The molecule has 0 saturated carbocycles. The van der Waals surface area contributed by atoms with Crippen LogP contribution in [0.5, 0.6) is 0 Å². The summed E-state index contributed by atoms with van der Waals surface area (Å²) < 4.78 is 1.67. The number of halogens is 2. The fourth-order valence-corrected chi connectivity index (χ4v) is 3.55. The number of carbonyl (C=O) groups excluding carboxylic acids is 1. The molecule has 0 atom stereocenters. The van der Waals surface area contributed by atoms with E-state index >= 15 is 0 Å². The second-order valence-corrected chi connectivity index (χ2v) is 6.40. The monoisotopic (exact) mass is 411 g/mol. The molecule has 0 unspecified atom stereocenters. The first-order chi connectivity index (χ1) is 9.90. The van der Waals surface area contributed by atoms with Crippen LogP contribution in [0.3, 0.4) is 0 Å². The molecule has 2 N–H and O–H groups in total. The van der Waals surface area contributed by atoms with Crippen LogP contribution in [0.2, 0.25) is 0 Å². The number of hydrogen-bond acceptors (Lipinski definition) is 3. The fourth-order valence-electron chi connectivity index (χ4n) is 1.93. The molecule has 0 radical (unpaired) electrons. The molecule has 21 heavy (non-hydrogen) atoms. The van der Waals surface area contributed by atoms with Crippen LogP contribution >= 0.6 is 31.9 Å². The zero-order valence-electron chi connectivity index (χ0n) is 11.9. The molecule has 0 aliphatic heterocycles. The van der Waals surface area contributed by atoms with Gasteiger partial charge in [0.1, 0.15) is 5.82 Å². The van der Waals surface area contributed by atoms with Crippen molar-refractivity contribution >= 4 is 49.3 Å². The maximum absolute atomic E-state index is 12.4. The SMILES string of the molecule is CNc1cc(C(=O)Nc2c(Br)cc(C)cc2Br)cc(C)n1. The quantitative estimate of drug-likeness (QED) is 0.779. The Balaban J connectivity index is 2.32. The fraction of sp³-hybridized carbons (Fsp3) is 0.200. The van der Waals surface area contributed by atoms with E-state index in [1.165, 1.54) is 0 Å². The molecule has 0 bridgehead atoms. The second kappa shape index (κ2) is 6.58. The average Bonchev–Trinajstić information content (AvgIpc) is 2.41. The highest BCUT2D eigenvalue weighted by atomic mass is 79.9. The summed E-state index contributed by atoms with van der Waals surface area (Å²) in [6, 6.07) is 7.39. The molecule has 6 heteroatoms. The van der Waals surface area contributed by atoms with Crippen molar-refractivity contribution in [3.05, 3.63) is 50.0 Å². The summed E-state index contributed by atoms with van der Waals surface area (Å²) >= 11 is 6.94. The van der Waals surface area contributed by atoms with Crippen LogP contribution < -0.4 is 10.6 Å². The highest BCUT2D eigenvalue weighted by Crippen LogP contribution is 2.32. The maximum Gasteiger partial charge on any atom is 0.255 e. The molecule has 0 spiro atoms. The lowest BCUT2D eigenvalue weighted by Crippen LogP contribution is -2.14. The Bertz CT molecular complexity index is 678. The number of nitrogens with one attached hydrogen (secondary N) is 2. The number of benzene rings is 1. The molecule has 0 saturated heterocycles. The lowest BCUT2D eigenvalue weighted by atomic mass is 10.2. The molecule has 0 fully saturated rings. The van der Waals surface area contributed by atoms with Crippen LogP contribution in [0, 0.1) is 13.8 Å². The van der Waals surface area contributed by atoms with Crippen LogP contribution in [0.1, 0.15) is 21.6 Å². The van der Waals surface area contributed by atoms with Crippen molar-refractivity contribution in [1.29, 1.82) is 0 Å². The molecule has 110 valence electrons. The number of aryl methyl sites for hydroxylation is 2. The van der Waals surface area contributed by atoms with Crippen molar-refractivity contribution in [3.63, 3.8) is 0 Å². The molecule has 0 aliphatic carbocycles. The Hall–Kier alpha value is -1.40. The highest BCUT2D eigenvalue weighted by Gasteiger charge is 2.13. The number of nitrogens with zero attached hydrogens (tertiary/aromatic N) is 1. The van der Waals surface area contributed by atoms with Gasteiger partial charge in [-0.05, 0) is 75.5 Å². The van der Waals surface area contributed by atoms with E-state index in [1.54, 1.807) is 19.2 Å². The molecule has 1 amide bonds. The minimum absolute atomic E-state index is 0.178. The summed E-state index contributed by atoms with van der Waals surface area (Å²) in [6.45, 7) is 3.85. The first-order valence-corrected chi connectivity index (χ1v) is 7.92. The Kier molecular flexibility index (Phi) is 5.00. The maximum atomic E-state index is 12.4. The molecule has 2 aromatic rings. The van der Waals surface area contributed by atoms with Gasteiger partial charge in [-0.2, -0.15) is 0 Å². The number of hydrogen-bond donors (Lipinski definition) is 2. The van der Waals surface area contributed by atoms with Crippen molar-refractivity contribution in [2.45, 2.75) is 13.8 Å². The number of pyridine rings is 1. The normalized spacial score (nSPS) is 10.3. The predicted molar refractivity (Wildman–Crippen MR) is 93.1 cm³/mol. The summed E-state index contributed by atoms with van der Waals surface area (Å²) in [7, 11) is 1.77. The summed E-state index contributed by atoms with van der Waals surface area (Å²) in [5, 5.41) is 5.86. The third-order valence-corrected chi connectivity index (χ3v) is 4.15. The molecule has 4 nitrogen and oxygen atoms in total. The van der Waals surface area contributed by atoms with Crippen LogP contribution in [-0.4, -0.2) is 17.9 Å². The molecule has 1 heterocycles. The Morgan fingerprint density at radius 1 is 1.10 bits per heavy atom. The van der Waals surface area contributed by atoms with E-state index in [0.717, 1.165) is 20.2 Å². The van der Waals surface area contributed by atoms with Gasteiger partial charge in [0.25, 0.3) is 5.91 Å². The average molecular weight is 413 g/mol. The molecule has 0 aliphatic rings. The van der Waals surface area contributed by atoms with E-state index < -0.39 is 0 Å². The van der Waals surface area contributed by atoms with E-state index in [2.05, 4.69) is 47.5 Å². The third kappa shape index (κ3) is 3.83. The van der Waals surface area contributed by atoms with Crippen molar-refractivity contribution in [3.8, 4) is 0 Å². The van der Waals surface area contributed by atoms with E-state index in [9.17, 15) is 4.79 Å². The predicted octanol–water partition coefficient (Wildman–Crippen LogP) is 4.52. The van der Waals surface area contributed by atoms with Gasteiger partial charge in [0, 0.05) is 27.3 Å². The van der Waals surface area contributed by atoms with Crippen molar-refractivity contribution in [2.24, 2.45) is 0 Å². The summed E-state index contributed by atoms with van der Waals surface area (Å²) in [5.41, 5.74) is 3.16. The molecule has 1 aromatic heterocycles. The van der Waals surface area contributed by atoms with Crippen LogP contribution in [-0.2, 0) is 0 Å². The van der Waals surface area contributed by atoms with Gasteiger partial charge in [0.2, 0.25) is 0 Å². The van der Waals surface area contributed by atoms with Gasteiger partial charge in [-0.3, -0.25) is 4.79 Å². The third-order valence-electron chi connectivity index (χ3n) is 2.90. The van der Waals surface area contributed by atoms with Gasteiger partial charge in [-0.1, -0.05) is 0 Å². The van der Waals surface area contributed by atoms with E-state index in [1.807, 2.05) is 26.0 Å². The van der Waals surface area contributed by atoms with Crippen molar-refractivity contribution in [2.75, 3.05) is 17.7 Å². The van der Waals surface area contributed by atoms with Gasteiger partial charge in [0.05, 0.1) is 5.69 Å². The first kappa shape index (κ1) is 16.0.